The largest absolute Gasteiger partial charge is 0.353 e. The lowest BCUT2D eigenvalue weighted by atomic mass is 9.95. The highest BCUT2D eigenvalue weighted by Gasteiger charge is 2.31. The van der Waals surface area contributed by atoms with Crippen molar-refractivity contribution >= 4 is 17.7 Å². The lowest BCUT2D eigenvalue weighted by molar-refractivity contribution is -0.144. The van der Waals surface area contributed by atoms with E-state index >= 15 is 0 Å². The molecule has 0 radical (unpaired) electrons. The van der Waals surface area contributed by atoms with Crippen molar-refractivity contribution in [3.63, 3.8) is 0 Å². The maximum Gasteiger partial charge on any atom is 0.239 e. The van der Waals surface area contributed by atoms with E-state index in [9.17, 15) is 14.4 Å². The summed E-state index contributed by atoms with van der Waals surface area (Å²) in [7, 11) is 0. The third kappa shape index (κ3) is 2.80. The molecule has 2 saturated heterocycles. The Balaban J connectivity index is 1.87. The standard InChI is InChI=1S/C12H19N3O3/c1-9(16)14-5-2-10(3-6-14)12(18)15-7-4-13-11(17)8-15/h10H,2-8H2,1H3,(H,13,17). The van der Waals surface area contributed by atoms with Crippen LogP contribution in [0.4, 0.5) is 0 Å². The Morgan fingerprint density at radius 1 is 1.17 bits per heavy atom. The van der Waals surface area contributed by atoms with E-state index in [0.717, 1.165) is 0 Å². The summed E-state index contributed by atoms with van der Waals surface area (Å²) in [4.78, 5) is 38.1. The quantitative estimate of drug-likeness (QED) is 0.665. The molecule has 0 aromatic rings. The van der Waals surface area contributed by atoms with Gasteiger partial charge in [-0.3, -0.25) is 14.4 Å². The number of hydrogen-bond donors (Lipinski definition) is 1. The monoisotopic (exact) mass is 253 g/mol. The molecule has 2 aliphatic heterocycles. The van der Waals surface area contributed by atoms with Gasteiger partial charge in [-0.15, -0.1) is 0 Å². The zero-order valence-electron chi connectivity index (χ0n) is 10.6. The summed E-state index contributed by atoms with van der Waals surface area (Å²) >= 11 is 0. The lowest BCUT2D eigenvalue weighted by Crippen LogP contribution is -2.52. The minimum atomic E-state index is -0.0872. The number of carbonyl (C=O) groups is 3. The van der Waals surface area contributed by atoms with Crippen LogP contribution in [0, 0.1) is 5.92 Å². The Labute approximate surface area is 106 Å². The smallest absolute Gasteiger partial charge is 0.239 e. The van der Waals surface area contributed by atoms with Crippen LogP contribution in [0.15, 0.2) is 0 Å². The fourth-order valence-corrected chi connectivity index (χ4v) is 2.53. The molecule has 0 bridgehead atoms. The van der Waals surface area contributed by atoms with Crippen molar-refractivity contribution in [1.29, 1.82) is 0 Å². The summed E-state index contributed by atoms with van der Waals surface area (Å²) in [5.74, 6) is 0.00794. The summed E-state index contributed by atoms with van der Waals surface area (Å²) in [6, 6.07) is 0. The molecule has 3 amide bonds. The first-order chi connectivity index (χ1) is 8.58. The molecule has 1 N–H and O–H groups in total. The summed E-state index contributed by atoms with van der Waals surface area (Å²) < 4.78 is 0. The Morgan fingerprint density at radius 2 is 1.83 bits per heavy atom. The fraction of sp³-hybridized carbons (Fsp3) is 0.750. The van der Waals surface area contributed by atoms with E-state index in [1.54, 1.807) is 16.7 Å². The van der Waals surface area contributed by atoms with Crippen LogP contribution in [-0.2, 0) is 14.4 Å². The number of piperazine rings is 1. The molecule has 100 valence electrons. The van der Waals surface area contributed by atoms with Crippen LogP contribution in [0.1, 0.15) is 19.8 Å². The number of hydrogen-bond acceptors (Lipinski definition) is 3. The Morgan fingerprint density at radius 3 is 2.39 bits per heavy atom. The summed E-state index contributed by atoms with van der Waals surface area (Å²) in [6.07, 6.45) is 1.41. The van der Waals surface area contributed by atoms with Gasteiger partial charge in [0.1, 0.15) is 0 Å². The zero-order valence-corrected chi connectivity index (χ0v) is 10.6. The van der Waals surface area contributed by atoms with Gasteiger partial charge in [0, 0.05) is 39.0 Å². The molecule has 0 spiro atoms. The van der Waals surface area contributed by atoms with Gasteiger partial charge in [0.15, 0.2) is 0 Å². The van der Waals surface area contributed by atoms with Gasteiger partial charge in [0.05, 0.1) is 6.54 Å². The molecule has 6 heteroatoms. The lowest BCUT2D eigenvalue weighted by Gasteiger charge is -2.35. The van der Waals surface area contributed by atoms with Crippen LogP contribution in [0.25, 0.3) is 0 Å². The van der Waals surface area contributed by atoms with E-state index < -0.39 is 0 Å². The van der Waals surface area contributed by atoms with Gasteiger partial charge in [-0.05, 0) is 12.8 Å². The highest BCUT2D eigenvalue weighted by molar-refractivity contribution is 5.87. The van der Waals surface area contributed by atoms with Gasteiger partial charge in [0.25, 0.3) is 0 Å². The van der Waals surface area contributed by atoms with Crippen LogP contribution in [0.5, 0.6) is 0 Å². The van der Waals surface area contributed by atoms with Crippen molar-refractivity contribution in [2.45, 2.75) is 19.8 Å². The molecule has 2 fully saturated rings. The Hall–Kier alpha value is -1.59. The van der Waals surface area contributed by atoms with Crippen LogP contribution >= 0.6 is 0 Å². The fourth-order valence-electron chi connectivity index (χ4n) is 2.53. The first kappa shape index (κ1) is 12.9. The highest BCUT2D eigenvalue weighted by atomic mass is 16.2. The molecular formula is C12H19N3O3. The molecule has 0 atom stereocenters. The maximum atomic E-state index is 12.2. The van der Waals surface area contributed by atoms with Gasteiger partial charge in [-0.2, -0.15) is 0 Å². The zero-order chi connectivity index (χ0) is 13.1. The highest BCUT2D eigenvalue weighted by Crippen LogP contribution is 2.20. The van der Waals surface area contributed by atoms with E-state index in [-0.39, 0.29) is 30.2 Å². The minimum absolute atomic E-state index is 0.0356. The van der Waals surface area contributed by atoms with Crippen LogP contribution < -0.4 is 5.32 Å². The van der Waals surface area contributed by atoms with E-state index in [4.69, 9.17) is 0 Å². The van der Waals surface area contributed by atoms with E-state index in [1.165, 1.54) is 0 Å². The third-order valence-corrected chi connectivity index (χ3v) is 3.64. The molecular weight excluding hydrogens is 234 g/mol. The Kier molecular flexibility index (Phi) is 3.84. The van der Waals surface area contributed by atoms with Gasteiger partial charge >= 0.3 is 0 Å². The molecule has 0 aliphatic carbocycles. The average molecular weight is 253 g/mol. The summed E-state index contributed by atoms with van der Waals surface area (Å²) in [5.41, 5.74) is 0. The normalized spacial score (nSPS) is 21.7. The molecule has 18 heavy (non-hydrogen) atoms. The second-order valence-corrected chi connectivity index (χ2v) is 4.89. The van der Waals surface area contributed by atoms with Crippen LogP contribution in [0.3, 0.4) is 0 Å². The number of carbonyl (C=O) groups excluding carboxylic acids is 3. The molecule has 6 nitrogen and oxygen atoms in total. The number of nitrogens with zero attached hydrogens (tertiary/aromatic N) is 2. The van der Waals surface area contributed by atoms with Gasteiger partial charge in [-0.25, -0.2) is 0 Å². The predicted molar refractivity (Wildman–Crippen MR) is 64.6 cm³/mol. The average Bonchev–Trinajstić information content (AvgIpc) is 2.38. The molecule has 2 heterocycles. The number of likely N-dealkylation sites (tertiary alicyclic amines) is 1. The SMILES string of the molecule is CC(=O)N1CCC(C(=O)N2CCNC(=O)C2)CC1. The topological polar surface area (TPSA) is 69.7 Å². The summed E-state index contributed by atoms with van der Waals surface area (Å²) in [6.45, 7) is 4.15. The van der Waals surface area contributed by atoms with Gasteiger partial charge in [0.2, 0.25) is 17.7 Å². The second-order valence-electron chi connectivity index (χ2n) is 4.89. The van der Waals surface area contributed by atoms with Crippen molar-refractivity contribution < 1.29 is 14.4 Å². The van der Waals surface area contributed by atoms with Gasteiger partial charge < -0.3 is 15.1 Å². The van der Waals surface area contributed by atoms with E-state index in [1.807, 2.05) is 0 Å². The molecule has 0 saturated carbocycles. The molecule has 0 unspecified atom stereocenters. The number of piperidine rings is 1. The van der Waals surface area contributed by atoms with Crippen molar-refractivity contribution in [2.24, 2.45) is 5.92 Å². The predicted octanol–water partition coefficient (Wildman–Crippen LogP) is -0.797. The number of rotatable bonds is 1. The second kappa shape index (κ2) is 5.37. The van der Waals surface area contributed by atoms with Crippen molar-refractivity contribution in [1.82, 2.24) is 15.1 Å². The van der Waals surface area contributed by atoms with E-state index in [2.05, 4.69) is 5.32 Å². The first-order valence-corrected chi connectivity index (χ1v) is 6.39. The summed E-state index contributed by atoms with van der Waals surface area (Å²) in [5, 5.41) is 2.71. The van der Waals surface area contributed by atoms with Gasteiger partial charge in [-0.1, -0.05) is 0 Å². The van der Waals surface area contributed by atoms with E-state index in [0.29, 0.717) is 39.0 Å². The van der Waals surface area contributed by atoms with Crippen LogP contribution in [-0.4, -0.2) is 60.2 Å². The third-order valence-electron chi connectivity index (χ3n) is 3.64. The number of nitrogens with one attached hydrogen (secondary N) is 1. The van der Waals surface area contributed by atoms with Crippen molar-refractivity contribution in [3.05, 3.63) is 0 Å². The van der Waals surface area contributed by atoms with Crippen molar-refractivity contribution in [3.8, 4) is 0 Å². The molecule has 0 aromatic carbocycles. The molecule has 0 aromatic heterocycles. The maximum absolute atomic E-state index is 12.2. The van der Waals surface area contributed by atoms with Crippen molar-refractivity contribution in [2.75, 3.05) is 32.7 Å². The minimum Gasteiger partial charge on any atom is -0.353 e. The number of amides is 3. The Bertz CT molecular complexity index is 362. The van der Waals surface area contributed by atoms with Crippen LogP contribution in [0.2, 0.25) is 0 Å². The molecule has 2 aliphatic rings. The first-order valence-electron chi connectivity index (χ1n) is 6.39. The molecule has 2 rings (SSSR count).